The van der Waals surface area contributed by atoms with Gasteiger partial charge in [-0.1, -0.05) is 18.5 Å². The zero-order chi connectivity index (χ0) is 13.3. The first-order valence-corrected chi connectivity index (χ1v) is 7.52. The van der Waals surface area contributed by atoms with Crippen molar-refractivity contribution in [3.05, 3.63) is 47.3 Å². The number of rotatable bonds is 2. The molecule has 0 saturated heterocycles. The van der Waals surface area contributed by atoms with Crippen molar-refractivity contribution < 1.29 is 0 Å². The maximum absolute atomic E-state index is 11.8. The van der Waals surface area contributed by atoms with Crippen LogP contribution < -0.4 is 5.56 Å². The van der Waals surface area contributed by atoms with E-state index in [1.54, 1.807) is 12.1 Å². The molecule has 94 valence electrons. The maximum Gasteiger partial charge on any atom is 0.264 e. The van der Waals surface area contributed by atoms with E-state index < -0.39 is 0 Å². The van der Waals surface area contributed by atoms with Crippen LogP contribution in [0, 0.1) is 3.57 Å². The van der Waals surface area contributed by atoms with Crippen LogP contribution in [0.3, 0.4) is 0 Å². The fraction of sp³-hybridized carbons (Fsp3) is 0.167. The molecular weight excluding hydrogens is 430 g/mol. The Labute approximate surface area is 131 Å². The van der Waals surface area contributed by atoms with Gasteiger partial charge in [-0.25, -0.2) is 4.98 Å². The summed E-state index contributed by atoms with van der Waals surface area (Å²) in [5.74, 6) is 0.556. The Kier molecular flexibility index (Phi) is 4.45. The predicted octanol–water partition coefficient (Wildman–Crippen LogP) is 4.02. The van der Waals surface area contributed by atoms with Crippen LogP contribution in [0.5, 0.6) is 0 Å². The molecule has 0 bridgehead atoms. The summed E-state index contributed by atoms with van der Waals surface area (Å²) in [4.78, 5) is 19.1. The standard InChI is InChI=1S/C12H9BrClIN2O/c1-2-9-10(15)12(18)17-11(16-9)7-4-3-6(14)5-8(7)13/h3-5H,2H2,1H3,(H,16,17,18). The van der Waals surface area contributed by atoms with Crippen LogP contribution in [0.15, 0.2) is 27.5 Å². The molecule has 0 saturated carbocycles. The second-order valence-corrected chi connectivity index (χ2v) is 6.02. The molecule has 1 N–H and O–H groups in total. The van der Waals surface area contributed by atoms with Crippen molar-refractivity contribution in [2.75, 3.05) is 0 Å². The van der Waals surface area contributed by atoms with E-state index in [1.165, 1.54) is 0 Å². The predicted molar refractivity (Wildman–Crippen MR) is 85.1 cm³/mol. The first-order valence-electron chi connectivity index (χ1n) is 5.27. The molecule has 0 fully saturated rings. The molecule has 18 heavy (non-hydrogen) atoms. The van der Waals surface area contributed by atoms with Crippen LogP contribution in [-0.4, -0.2) is 9.97 Å². The highest BCUT2D eigenvalue weighted by molar-refractivity contribution is 14.1. The minimum atomic E-state index is -0.112. The van der Waals surface area contributed by atoms with Crippen LogP contribution >= 0.6 is 50.1 Å². The fourth-order valence-corrected chi connectivity index (χ4v) is 3.06. The third kappa shape index (κ3) is 2.78. The van der Waals surface area contributed by atoms with Crippen LogP contribution in [0.25, 0.3) is 11.4 Å². The summed E-state index contributed by atoms with van der Waals surface area (Å²) >= 11 is 11.3. The first-order chi connectivity index (χ1) is 8.52. The summed E-state index contributed by atoms with van der Waals surface area (Å²) in [6.45, 7) is 1.98. The van der Waals surface area contributed by atoms with Gasteiger partial charge >= 0.3 is 0 Å². The third-order valence-electron chi connectivity index (χ3n) is 2.45. The first kappa shape index (κ1) is 14.0. The zero-order valence-corrected chi connectivity index (χ0v) is 13.9. The Bertz CT molecular complexity index is 657. The number of H-pyrrole nitrogens is 1. The number of halogens is 3. The van der Waals surface area contributed by atoms with Gasteiger partial charge < -0.3 is 4.98 Å². The molecule has 0 aliphatic heterocycles. The molecule has 0 amide bonds. The molecule has 1 aromatic carbocycles. The van der Waals surface area contributed by atoms with Gasteiger partial charge in [-0.15, -0.1) is 0 Å². The second-order valence-electron chi connectivity index (χ2n) is 3.65. The van der Waals surface area contributed by atoms with Crippen LogP contribution in [-0.2, 0) is 6.42 Å². The van der Waals surface area contributed by atoms with Crippen LogP contribution in [0.4, 0.5) is 0 Å². The number of aryl methyl sites for hydroxylation is 1. The Morgan fingerprint density at radius 1 is 1.50 bits per heavy atom. The highest BCUT2D eigenvalue weighted by Gasteiger charge is 2.11. The van der Waals surface area contributed by atoms with Crippen molar-refractivity contribution in [3.63, 3.8) is 0 Å². The van der Waals surface area contributed by atoms with Gasteiger partial charge in [0.2, 0.25) is 0 Å². The van der Waals surface area contributed by atoms with Gasteiger partial charge in [0.1, 0.15) is 5.82 Å². The summed E-state index contributed by atoms with van der Waals surface area (Å²) < 4.78 is 1.45. The number of nitrogens with zero attached hydrogens (tertiary/aromatic N) is 1. The SMILES string of the molecule is CCc1nc(-c2ccc(Cl)cc2Br)[nH]c(=O)c1I. The largest absolute Gasteiger partial charge is 0.306 e. The Morgan fingerprint density at radius 2 is 2.22 bits per heavy atom. The summed E-state index contributed by atoms with van der Waals surface area (Å²) in [7, 11) is 0. The van der Waals surface area contributed by atoms with Gasteiger partial charge in [0.25, 0.3) is 5.56 Å². The molecule has 2 aromatic rings. The van der Waals surface area contributed by atoms with E-state index in [2.05, 4.69) is 25.9 Å². The summed E-state index contributed by atoms with van der Waals surface area (Å²) in [6, 6.07) is 5.38. The minimum Gasteiger partial charge on any atom is -0.306 e. The number of aromatic nitrogens is 2. The lowest BCUT2D eigenvalue weighted by Crippen LogP contribution is -2.16. The van der Waals surface area contributed by atoms with Gasteiger partial charge in [-0.3, -0.25) is 4.79 Å². The van der Waals surface area contributed by atoms with Crippen molar-refractivity contribution in [1.29, 1.82) is 0 Å². The lowest BCUT2D eigenvalue weighted by molar-refractivity contribution is 0.968. The molecule has 0 aliphatic rings. The molecule has 3 nitrogen and oxygen atoms in total. The number of hydrogen-bond donors (Lipinski definition) is 1. The average molecular weight is 439 g/mol. The van der Waals surface area contributed by atoms with Crippen LogP contribution in [0.2, 0.25) is 5.02 Å². The van der Waals surface area contributed by atoms with Crippen LogP contribution in [0.1, 0.15) is 12.6 Å². The summed E-state index contributed by atoms with van der Waals surface area (Å²) in [5, 5.41) is 0.634. The van der Waals surface area contributed by atoms with Crippen molar-refractivity contribution in [2.45, 2.75) is 13.3 Å². The summed E-state index contributed by atoms with van der Waals surface area (Å²) in [6.07, 6.45) is 0.723. The normalized spacial score (nSPS) is 10.7. The lowest BCUT2D eigenvalue weighted by atomic mass is 10.2. The number of aromatic amines is 1. The maximum atomic E-state index is 11.8. The monoisotopic (exact) mass is 438 g/mol. The highest BCUT2D eigenvalue weighted by atomic mass is 127. The number of nitrogens with one attached hydrogen (secondary N) is 1. The molecule has 1 aromatic heterocycles. The molecule has 0 spiro atoms. The highest BCUT2D eigenvalue weighted by Crippen LogP contribution is 2.28. The van der Waals surface area contributed by atoms with E-state index >= 15 is 0 Å². The quantitative estimate of drug-likeness (QED) is 0.719. The molecule has 0 radical (unpaired) electrons. The van der Waals surface area contributed by atoms with E-state index in [0.29, 0.717) is 14.4 Å². The molecular formula is C12H9BrClIN2O. The number of benzene rings is 1. The lowest BCUT2D eigenvalue weighted by Gasteiger charge is -2.07. The van der Waals surface area contributed by atoms with Gasteiger partial charge in [0.05, 0.1) is 9.26 Å². The minimum absolute atomic E-state index is 0.112. The van der Waals surface area contributed by atoms with Gasteiger partial charge in [0, 0.05) is 15.1 Å². The van der Waals surface area contributed by atoms with E-state index in [9.17, 15) is 4.79 Å². The Morgan fingerprint density at radius 3 is 2.83 bits per heavy atom. The van der Waals surface area contributed by atoms with Crippen molar-refractivity contribution in [1.82, 2.24) is 9.97 Å². The van der Waals surface area contributed by atoms with Gasteiger partial charge in [-0.05, 0) is 63.1 Å². The van der Waals surface area contributed by atoms with Crippen molar-refractivity contribution in [2.24, 2.45) is 0 Å². The van der Waals surface area contributed by atoms with E-state index in [-0.39, 0.29) is 5.56 Å². The Hall–Kier alpha value is -0.400. The van der Waals surface area contributed by atoms with Gasteiger partial charge in [-0.2, -0.15) is 0 Å². The molecule has 1 heterocycles. The molecule has 2 rings (SSSR count). The molecule has 0 unspecified atom stereocenters. The average Bonchev–Trinajstić information content (AvgIpc) is 2.32. The molecule has 6 heteroatoms. The Balaban J connectivity index is 2.64. The second kappa shape index (κ2) is 5.71. The molecule has 0 atom stereocenters. The van der Waals surface area contributed by atoms with Crippen molar-refractivity contribution in [3.8, 4) is 11.4 Å². The van der Waals surface area contributed by atoms with E-state index in [0.717, 1.165) is 22.2 Å². The topological polar surface area (TPSA) is 45.8 Å². The van der Waals surface area contributed by atoms with Gasteiger partial charge in [0.15, 0.2) is 0 Å². The molecule has 0 aliphatic carbocycles. The number of hydrogen-bond acceptors (Lipinski definition) is 2. The van der Waals surface area contributed by atoms with Crippen molar-refractivity contribution >= 4 is 50.1 Å². The van der Waals surface area contributed by atoms with E-state index in [4.69, 9.17) is 11.6 Å². The fourth-order valence-electron chi connectivity index (χ4n) is 1.55. The van der Waals surface area contributed by atoms with E-state index in [1.807, 2.05) is 35.6 Å². The smallest absolute Gasteiger partial charge is 0.264 e. The third-order valence-corrected chi connectivity index (χ3v) is 4.46. The summed E-state index contributed by atoms with van der Waals surface area (Å²) in [5.41, 5.74) is 1.51. The zero-order valence-electron chi connectivity index (χ0n) is 9.43.